The fourth-order valence-corrected chi connectivity index (χ4v) is 2.39. The minimum atomic E-state index is -1.40. The van der Waals surface area contributed by atoms with E-state index in [2.05, 4.69) is 19.2 Å². The summed E-state index contributed by atoms with van der Waals surface area (Å²) in [7, 11) is 0. The van der Waals surface area contributed by atoms with Gasteiger partial charge in [-0.2, -0.15) is 0 Å². The van der Waals surface area contributed by atoms with E-state index in [0.717, 1.165) is 19.3 Å². The van der Waals surface area contributed by atoms with Crippen LogP contribution in [-0.4, -0.2) is 34.7 Å². The molecule has 17 heavy (non-hydrogen) atoms. The van der Waals surface area contributed by atoms with Crippen molar-refractivity contribution in [2.24, 2.45) is 11.3 Å². The van der Waals surface area contributed by atoms with E-state index in [9.17, 15) is 9.59 Å². The van der Waals surface area contributed by atoms with Crippen molar-refractivity contribution in [3.05, 3.63) is 0 Å². The summed E-state index contributed by atoms with van der Waals surface area (Å²) in [5, 5.41) is 20.2. The third-order valence-electron chi connectivity index (χ3n) is 3.58. The molecule has 0 bridgehead atoms. The Hall–Kier alpha value is -1.10. The first-order valence-corrected chi connectivity index (χ1v) is 6.03. The normalized spacial score (nSPS) is 24.3. The molecule has 0 radical (unpaired) electrons. The second-order valence-electron chi connectivity index (χ2n) is 5.37. The first-order chi connectivity index (χ1) is 7.84. The van der Waals surface area contributed by atoms with Gasteiger partial charge in [0.2, 0.25) is 5.91 Å². The van der Waals surface area contributed by atoms with Gasteiger partial charge in [-0.15, -0.1) is 0 Å². The van der Waals surface area contributed by atoms with Crippen LogP contribution in [0.2, 0.25) is 0 Å². The van der Waals surface area contributed by atoms with Gasteiger partial charge in [-0.05, 0) is 18.3 Å². The smallest absolute Gasteiger partial charge is 0.332 e. The second kappa shape index (κ2) is 5.49. The third-order valence-corrected chi connectivity index (χ3v) is 3.58. The number of rotatable bonds is 5. The van der Waals surface area contributed by atoms with Gasteiger partial charge in [0.05, 0.1) is 0 Å². The predicted octanol–water partition coefficient (Wildman–Crippen LogP) is 0.764. The Kier molecular flexibility index (Phi) is 4.51. The molecule has 0 aliphatic heterocycles. The van der Waals surface area contributed by atoms with Gasteiger partial charge >= 0.3 is 5.97 Å². The summed E-state index contributed by atoms with van der Waals surface area (Å²) in [6, 6.07) is 0. The summed E-state index contributed by atoms with van der Waals surface area (Å²) in [4.78, 5) is 22.2. The topological polar surface area (TPSA) is 86.6 Å². The van der Waals surface area contributed by atoms with Gasteiger partial charge < -0.3 is 15.5 Å². The van der Waals surface area contributed by atoms with Crippen molar-refractivity contribution in [3.63, 3.8) is 0 Å². The lowest BCUT2D eigenvalue weighted by Gasteiger charge is -2.25. The number of carboxylic acid groups (broad SMARTS) is 1. The Bertz CT molecular complexity index is 301. The molecule has 3 N–H and O–H groups in total. The molecule has 2 atom stereocenters. The molecule has 1 unspecified atom stereocenters. The molecule has 5 heteroatoms. The van der Waals surface area contributed by atoms with Gasteiger partial charge in [-0.1, -0.05) is 20.3 Å². The molecule has 0 spiro atoms. The summed E-state index contributed by atoms with van der Waals surface area (Å²) < 4.78 is 0. The average Bonchev–Trinajstić information content (AvgIpc) is 2.57. The number of aliphatic hydroxyl groups excluding tert-OH is 1. The van der Waals surface area contributed by atoms with Gasteiger partial charge in [0, 0.05) is 18.9 Å². The van der Waals surface area contributed by atoms with Gasteiger partial charge in [-0.25, -0.2) is 4.79 Å². The number of carbonyl (C=O) groups is 2. The zero-order valence-electron chi connectivity index (χ0n) is 10.4. The van der Waals surface area contributed by atoms with E-state index in [-0.39, 0.29) is 30.2 Å². The lowest BCUT2D eigenvalue weighted by Crippen LogP contribution is -2.38. The molecule has 0 aromatic carbocycles. The standard InChI is InChI=1S/C12H21NO4/c1-12(2)6-3-4-8(12)10(15)13-7-5-9(14)11(16)17/h8-9,14H,3-7H2,1-2H3,(H,13,15)(H,16,17)/t8?,9-/m0/s1. The molecule has 0 heterocycles. The number of carbonyl (C=O) groups excluding carboxylic acids is 1. The summed E-state index contributed by atoms with van der Waals surface area (Å²) >= 11 is 0. The Morgan fingerprint density at radius 1 is 1.47 bits per heavy atom. The minimum absolute atomic E-state index is 0.00414. The van der Waals surface area contributed by atoms with E-state index in [1.807, 2.05) is 0 Å². The molecule has 5 nitrogen and oxygen atoms in total. The van der Waals surface area contributed by atoms with E-state index in [4.69, 9.17) is 10.2 Å². The van der Waals surface area contributed by atoms with Gasteiger partial charge in [-0.3, -0.25) is 4.79 Å². The molecule has 0 saturated heterocycles. The van der Waals surface area contributed by atoms with Gasteiger partial charge in [0.25, 0.3) is 0 Å². The molecule has 0 aromatic heterocycles. The Balaban J connectivity index is 2.33. The highest BCUT2D eigenvalue weighted by molar-refractivity contribution is 5.79. The van der Waals surface area contributed by atoms with E-state index in [1.165, 1.54) is 0 Å². The monoisotopic (exact) mass is 243 g/mol. The Morgan fingerprint density at radius 2 is 2.12 bits per heavy atom. The van der Waals surface area contributed by atoms with Crippen molar-refractivity contribution in [1.82, 2.24) is 5.32 Å². The predicted molar refractivity (Wildman–Crippen MR) is 62.4 cm³/mol. The molecule has 1 aliphatic rings. The molecule has 1 fully saturated rings. The summed E-state index contributed by atoms with van der Waals surface area (Å²) in [6.45, 7) is 4.37. The number of hydrogen-bond acceptors (Lipinski definition) is 3. The first kappa shape index (κ1) is 14.0. The van der Waals surface area contributed by atoms with Gasteiger partial charge in [0.15, 0.2) is 6.10 Å². The highest BCUT2D eigenvalue weighted by Gasteiger charge is 2.39. The van der Waals surface area contributed by atoms with Crippen LogP contribution in [0.15, 0.2) is 0 Å². The molecular formula is C12H21NO4. The summed E-state index contributed by atoms with van der Waals surface area (Å²) in [6.07, 6.45) is 1.65. The van der Waals surface area contributed by atoms with E-state index < -0.39 is 12.1 Å². The van der Waals surface area contributed by atoms with Crippen molar-refractivity contribution in [2.45, 2.75) is 45.6 Å². The number of aliphatic carboxylic acids is 1. The van der Waals surface area contributed by atoms with Crippen LogP contribution in [0.25, 0.3) is 0 Å². The zero-order chi connectivity index (χ0) is 13.1. The quantitative estimate of drug-likeness (QED) is 0.665. The van der Waals surface area contributed by atoms with E-state index in [0.29, 0.717) is 0 Å². The van der Waals surface area contributed by atoms with Crippen molar-refractivity contribution in [1.29, 1.82) is 0 Å². The SMILES string of the molecule is CC1(C)CCCC1C(=O)NCC[C@H](O)C(=O)O. The number of amides is 1. The molecule has 1 amide bonds. The number of carboxylic acids is 1. The first-order valence-electron chi connectivity index (χ1n) is 6.03. The van der Waals surface area contributed by atoms with E-state index >= 15 is 0 Å². The number of aliphatic hydroxyl groups is 1. The largest absolute Gasteiger partial charge is 0.479 e. The average molecular weight is 243 g/mol. The zero-order valence-corrected chi connectivity index (χ0v) is 10.4. The maximum atomic E-state index is 11.9. The third kappa shape index (κ3) is 3.70. The summed E-state index contributed by atoms with van der Waals surface area (Å²) in [5.74, 6) is -1.27. The molecule has 98 valence electrons. The van der Waals surface area contributed by atoms with Crippen LogP contribution in [0.5, 0.6) is 0 Å². The van der Waals surface area contributed by atoms with Crippen LogP contribution in [0, 0.1) is 11.3 Å². The van der Waals surface area contributed by atoms with Crippen LogP contribution in [0.1, 0.15) is 39.5 Å². The van der Waals surface area contributed by atoms with Crippen LogP contribution < -0.4 is 5.32 Å². The van der Waals surface area contributed by atoms with Crippen LogP contribution >= 0.6 is 0 Å². The van der Waals surface area contributed by atoms with Crippen molar-refractivity contribution < 1.29 is 19.8 Å². The van der Waals surface area contributed by atoms with Crippen molar-refractivity contribution in [2.75, 3.05) is 6.54 Å². The molecular weight excluding hydrogens is 222 g/mol. The van der Waals surface area contributed by atoms with E-state index in [1.54, 1.807) is 0 Å². The van der Waals surface area contributed by atoms with Gasteiger partial charge in [0.1, 0.15) is 0 Å². The Labute approximate surface area is 101 Å². The van der Waals surface area contributed by atoms with Crippen LogP contribution in [0.4, 0.5) is 0 Å². The van der Waals surface area contributed by atoms with Crippen molar-refractivity contribution >= 4 is 11.9 Å². The molecule has 1 saturated carbocycles. The molecule has 0 aromatic rings. The minimum Gasteiger partial charge on any atom is -0.479 e. The Morgan fingerprint density at radius 3 is 2.59 bits per heavy atom. The summed E-state index contributed by atoms with van der Waals surface area (Å²) in [5.41, 5.74) is 0.0233. The van der Waals surface area contributed by atoms with Crippen LogP contribution in [0.3, 0.4) is 0 Å². The number of hydrogen-bond donors (Lipinski definition) is 3. The molecule has 1 rings (SSSR count). The van der Waals surface area contributed by atoms with Crippen LogP contribution in [-0.2, 0) is 9.59 Å². The lowest BCUT2D eigenvalue weighted by molar-refractivity contribution is -0.147. The highest BCUT2D eigenvalue weighted by atomic mass is 16.4. The maximum Gasteiger partial charge on any atom is 0.332 e. The fourth-order valence-electron chi connectivity index (χ4n) is 2.39. The second-order valence-corrected chi connectivity index (χ2v) is 5.37. The lowest BCUT2D eigenvalue weighted by atomic mass is 9.81. The number of nitrogens with one attached hydrogen (secondary N) is 1. The fraction of sp³-hybridized carbons (Fsp3) is 0.833. The maximum absolute atomic E-state index is 11.9. The van der Waals surface area contributed by atoms with Crippen molar-refractivity contribution in [3.8, 4) is 0 Å². The molecule has 1 aliphatic carbocycles. The highest BCUT2D eigenvalue weighted by Crippen LogP contribution is 2.42.